The number of nitrogens with zero attached hydrogens (tertiary/aromatic N) is 1. The summed E-state index contributed by atoms with van der Waals surface area (Å²) in [5.41, 5.74) is 1.23. The maximum atomic E-state index is 13.1. The van der Waals surface area contributed by atoms with E-state index in [-0.39, 0.29) is 29.8 Å². The molecule has 0 spiro atoms. The summed E-state index contributed by atoms with van der Waals surface area (Å²) in [6, 6.07) is 8.07. The van der Waals surface area contributed by atoms with Gasteiger partial charge in [-0.2, -0.15) is 0 Å². The molecule has 1 aromatic heterocycles. The van der Waals surface area contributed by atoms with E-state index < -0.39 is 5.41 Å². The van der Waals surface area contributed by atoms with Gasteiger partial charge in [-0.25, -0.2) is 0 Å². The molecule has 1 heterocycles. The van der Waals surface area contributed by atoms with Gasteiger partial charge < -0.3 is 5.32 Å². The largest absolute Gasteiger partial charge is 0.352 e. The maximum absolute atomic E-state index is 13.1. The molecule has 30 heavy (non-hydrogen) atoms. The lowest BCUT2D eigenvalue weighted by Crippen LogP contribution is -2.41. The van der Waals surface area contributed by atoms with Crippen molar-refractivity contribution in [1.29, 1.82) is 0 Å². The first-order valence-electron chi connectivity index (χ1n) is 10.5. The lowest BCUT2D eigenvalue weighted by Gasteiger charge is -2.13. The van der Waals surface area contributed by atoms with E-state index >= 15 is 0 Å². The number of rotatable bonds is 5. The third kappa shape index (κ3) is 5.57. The molecule has 1 aliphatic carbocycles. The third-order valence-corrected chi connectivity index (χ3v) is 6.35. The summed E-state index contributed by atoms with van der Waals surface area (Å²) in [6.45, 7) is 7.45. The molecule has 1 amide bonds. The number of hydrogen-bond donors (Lipinski definition) is 1. The second-order valence-corrected chi connectivity index (χ2v) is 10.1. The Morgan fingerprint density at radius 3 is 2.57 bits per heavy atom. The van der Waals surface area contributed by atoms with Gasteiger partial charge in [0.15, 0.2) is 5.78 Å². The molecular weight excluding hydrogens is 396 g/mol. The van der Waals surface area contributed by atoms with Gasteiger partial charge in [0.25, 0.3) is 5.56 Å². The van der Waals surface area contributed by atoms with Gasteiger partial charge in [0.1, 0.15) is 11.2 Å². The van der Waals surface area contributed by atoms with Crippen molar-refractivity contribution in [2.45, 2.75) is 66.0 Å². The molecular formula is C24H30N2O3S. The topological polar surface area (TPSA) is 68.2 Å². The van der Waals surface area contributed by atoms with Crippen LogP contribution in [-0.2, 0) is 16.1 Å². The molecule has 6 heteroatoms. The van der Waals surface area contributed by atoms with Gasteiger partial charge in [-0.15, -0.1) is 11.3 Å². The smallest absolute Gasteiger partial charge is 0.269 e. The van der Waals surface area contributed by atoms with Crippen LogP contribution in [0.3, 0.4) is 0 Å². The lowest BCUT2D eigenvalue weighted by molar-refractivity contribution is -0.122. The molecule has 1 aromatic carbocycles. The minimum absolute atomic E-state index is 0.0727. The molecule has 0 unspecified atom stereocenters. The van der Waals surface area contributed by atoms with Crippen LogP contribution in [0.15, 0.2) is 29.1 Å². The first-order valence-corrected chi connectivity index (χ1v) is 11.3. The standard InChI is InChI=1S/C24H30N2O3S/c1-16-8-7-9-17(12-16)13-19-23(29)26(15-21(28)25-18-10-5-6-11-18)22(30-19)14-20(27)24(2,3)4/h7-9,12-14,18H,5-6,10-11,15H2,1-4H3,(H,25,28)/b19-13-,22-14-. The van der Waals surface area contributed by atoms with Gasteiger partial charge in [0.2, 0.25) is 5.91 Å². The Morgan fingerprint density at radius 2 is 1.93 bits per heavy atom. The summed E-state index contributed by atoms with van der Waals surface area (Å²) in [6.07, 6.45) is 7.54. The molecule has 1 fully saturated rings. The van der Waals surface area contributed by atoms with Crippen molar-refractivity contribution in [2.24, 2.45) is 5.41 Å². The summed E-state index contributed by atoms with van der Waals surface area (Å²) >= 11 is 1.25. The number of aromatic nitrogens is 1. The van der Waals surface area contributed by atoms with Gasteiger partial charge in [-0.05, 0) is 31.4 Å². The van der Waals surface area contributed by atoms with Crippen molar-refractivity contribution < 1.29 is 9.59 Å². The molecule has 1 N–H and O–H groups in total. The van der Waals surface area contributed by atoms with Crippen molar-refractivity contribution in [3.63, 3.8) is 0 Å². The van der Waals surface area contributed by atoms with E-state index in [1.54, 1.807) is 0 Å². The van der Waals surface area contributed by atoms with Crippen LogP contribution in [-0.4, -0.2) is 22.3 Å². The number of amides is 1. The molecule has 0 atom stereocenters. The quantitative estimate of drug-likeness (QED) is 0.799. The van der Waals surface area contributed by atoms with E-state index in [9.17, 15) is 14.4 Å². The van der Waals surface area contributed by atoms with Crippen LogP contribution < -0.4 is 20.1 Å². The highest BCUT2D eigenvalue weighted by atomic mass is 32.1. The predicted molar refractivity (Wildman–Crippen MR) is 122 cm³/mol. The number of Topliss-reactive ketones (excluding diaryl/α,β-unsaturated/α-hetero) is 1. The Bertz CT molecular complexity index is 1110. The number of carbonyl (C=O) groups excluding carboxylic acids is 2. The SMILES string of the molecule is Cc1cccc(/C=c2\s/c(=C\C(=O)C(C)(C)C)n(CC(=O)NC3CCCC3)c2=O)c1. The average Bonchev–Trinajstić information content (AvgIpc) is 3.25. The van der Waals surface area contributed by atoms with Crippen molar-refractivity contribution in [1.82, 2.24) is 9.88 Å². The fraction of sp³-hybridized carbons (Fsp3) is 0.458. The van der Waals surface area contributed by atoms with Gasteiger partial charge >= 0.3 is 0 Å². The van der Waals surface area contributed by atoms with Crippen LogP contribution in [0.2, 0.25) is 0 Å². The van der Waals surface area contributed by atoms with Gasteiger partial charge in [-0.3, -0.25) is 19.0 Å². The minimum atomic E-state index is -0.558. The highest BCUT2D eigenvalue weighted by Crippen LogP contribution is 2.17. The maximum Gasteiger partial charge on any atom is 0.269 e. The first-order chi connectivity index (χ1) is 14.1. The average molecular weight is 427 g/mol. The molecule has 5 nitrogen and oxygen atoms in total. The number of benzene rings is 1. The second-order valence-electron chi connectivity index (χ2n) is 9.06. The van der Waals surface area contributed by atoms with Gasteiger partial charge in [0.05, 0.1) is 4.53 Å². The Balaban J connectivity index is 2.03. The molecule has 2 aromatic rings. The summed E-state index contributed by atoms with van der Waals surface area (Å²) in [5.74, 6) is -0.252. The zero-order valence-electron chi connectivity index (χ0n) is 18.2. The molecule has 0 saturated heterocycles. The summed E-state index contributed by atoms with van der Waals surface area (Å²) in [5, 5.41) is 3.03. The van der Waals surface area contributed by atoms with Crippen LogP contribution in [0.5, 0.6) is 0 Å². The normalized spacial score (nSPS) is 16.3. The second kappa shape index (κ2) is 9.13. The molecule has 1 saturated carbocycles. The van der Waals surface area contributed by atoms with E-state index in [1.807, 2.05) is 58.0 Å². The molecule has 0 bridgehead atoms. The van der Waals surface area contributed by atoms with E-state index in [2.05, 4.69) is 5.32 Å². The summed E-state index contributed by atoms with van der Waals surface area (Å²) in [4.78, 5) is 38.3. The summed E-state index contributed by atoms with van der Waals surface area (Å²) in [7, 11) is 0. The van der Waals surface area contributed by atoms with Crippen molar-refractivity contribution >= 4 is 35.2 Å². The molecule has 3 rings (SSSR count). The zero-order valence-corrected chi connectivity index (χ0v) is 19.0. The number of aryl methyl sites for hydroxylation is 1. The van der Waals surface area contributed by atoms with Crippen LogP contribution in [0.1, 0.15) is 57.6 Å². The number of thiazole rings is 1. The minimum Gasteiger partial charge on any atom is -0.352 e. The van der Waals surface area contributed by atoms with Crippen LogP contribution in [0, 0.1) is 12.3 Å². The lowest BCUT2D eigenvalue weighted by atomic mass is 9.91. The Morgan fingerprint density at radius 1 is 1.23 bits per heavy atom. The highest BCUT2D eigenvalue weighted by Gasteiger charge is 2.21. The van der Waals surface area contributed by atoms with Crippen LogP contribution in [0.25, 0.3) is 12.2 Å². The van der Waals surface area contributed by atoms with Gasteiger partial charge in [-0.1, -0.05) is 63.4 Å². The number of ketones is 1. The Kier molecular flexibility index (Phi) is 6.76. The van der Waals surface area contributed by atoms with E-state index in [4.69, 9.17) is 0 Å². The monoisotopic (exact) mass is 426 g/mol. The fourth-order valence-electron chi connectivity index (χ4n) is 3.52. The Hall–Kier alpha value is -2.47. The van der Waals surface area contributed by atoms with Crippen LogP contribution >= 0.6 is 11.3 Å². The first kappa shape index (κ1) is 22.2. The van der Waals surface area contributed by atoms with E-state index in [0.29, 0.717) is 9.20 Å². The predicted octanol–water partition coefficient (Wildman–Crippen LogP) is 2.50. The van der Waals surface area contributed by atoms with E-state index in [1.165, 1.54) is 22.0 Å². The number of nitrogens with one attached hydrogen (secondary N) is 1. The van der Waals surface area contributed by atoms with Crippen molar-refractivity contribution in [2.75, 3.05) is 0 Å². The van der Waals surface area contributed by atoms with Crippen molar-refractivity contribution in [3.05, 3.63) is 54.9 Å². The number of hydrogen-bond acceptors (Lipinski definition) is 4. The number of carbonyl (C=O) groups is 2. The molecule has 0 radical (unpaired) electrons. The van der Waals surface area contributed by atoms with Crippen LogP contribution in [0.4, 0.5) is 0 Å². The molecule has 1 aliphatic rings. The Labute approximate surface area is 181 Å². The summed E-state index contributed by atoms with van der Waals surface area (Å²) < 4.78 is 2.46. The molecule has 160 valence electrons. The highest BCUT2D eigenvalue weighted by molar-refractivity contribution is 7.07. The molecule has 0 aliphatic heterocycles. The zero-order chi connectivity index (χ0) is 21.9. The van der Waals surface area contributed by atoms with Crippen molar-refractivity contribution in [3.8, 4) is 0 Å². The fourth-order valence-corrected chi connectivity index (χ4v) is 4.56. The third-order valence-electron chi connectivity index (χ3n) is 5.29. The van der Waals surface area contributed by atoms with E-state index in [0.717, 1.165) is 36.8 Å². The van der Waals surface area contributed by atoms with Gasteiger partial charge in [0, 0.05) is 17.5 Å².